The largest absolute Gasteiger partial charge is 0.483 e. The summed E-state index contributed by atoms with van der Waals surface area (Å²) in [6, 6.07) is 13.4. The zero-order valence-electron chi connectivity index (χ0n) is 24.2. The van der Waals surface area contributed by atoms with Crippen LogP contribution in [0.1, 0.15) is 47.6 Å². The van der Waals surface area contributed by atoms with E-state index in [4.69, 9.17) is 4.74 Å². The van der Waals surface area contributed by atoms with Crippen LogP contribution in [0, 0.1) is 36.5 Å². The minimum atomic E-state index is -0.382. The molecular weight excluding hydrogens is 662 g/mol. The summed E-state index contributed by atoms with van der Waals surface area (Å²) in [7, 11) is 0. The Labute approximate surface area is 271 Å². The first kappa shape index (κ1) is 28.6. The number of nitrogens with one attached hydrogen (secondary N) is 1. The van der Waals surface area contributed by atoms with Crippen molar-refractivity contribution in [3.8, 4) is 5.75 Å². The maximum absolute atomic E-state index is 14.1. The summed E-state index contributed by atoms with van der Waals surface area (Å²) in [6.07, 6.45) is 3.98. The third-order valence-corrected chi connectivity index (χ3v) is 13.5. The number of benzene rings is 2. The smallest absolute Gasteiger partial charge is 0.305 e. The minimum Gasteiger partial charge on any atom is -0.483 e. The number of piperidine rings is 1. The number of H-pyrrole nitrogens is 1. The van der Waals surface area contributed by atoms with E-state index in [-0.39, 0.29) is 70.0 Å². The molecule has 2 aliphatic carbocycles. The van der Waals surface area contributed by atoms with Crippen molar-refractivity contribution < 1.29 is 19.1 Å². The van der Waals surface area contributed by atoms with Gasteiger partial charge in [-0.1, -0.05) is 45.0 Å². The van der Waals surface area contributed by atoms with Gasteiger partial charge in [-0.2, -0.15) is 0 Å². The van der Waals surface area contributed by atoms with Crippen LogP contribution in [0.3, 0.4) is 0 Å². The number of aromatic amines is 1. The molecule has 228 valence electrons. The molecule has 11 heteroatoms. The van der Waals surface area contributed by atoms with Crippen molar-refractivity contribution in [2.24, 2.45) is 29.6 Å². The Morgan fingerprint density at radius 1 is 1.00 bits per heavy atom. The van der Waals surface area contributed by atoms with Gasteiger partial charge in [-0.15, -0.1) is 11.8 Å². The van der Waals surface area contributed by atoms with Crippen molar-refractivity contribution in [3.63, 3.8) is 0 Å². The van der Waals surface area contributed by atoms with Crippen molar-refractivity contribution in [1.82, 2.24) is 9.88 Å². The lowest BCUT2D eigenvalue weighted by molar-refractivity contribution is -0.134. The number of likely N-dealkylation sites (tertiary alicyclic amines) is 1. The lowest BCUT2D eigenvalue weighted by Crippen LogP contribution is -2.43. The monoisotopic (exact) mass is 693 g/mol. The van der Waals surface area contributed by atoms with Crippen molar-refractivity contribution in [2.45, 2.75) is 48.8 Å². The first-order valence-electron chi connectivity index (χ1n) is 15.3. The maximum Gasteiger partial charge on any atom is 0.305 e. The summed E-state index contributed by atoms with van der Waals surface area (Å²) >= 11 is 6.54. The lowest BCUT2D eigenvalue weighted by Gasteiger charge is -2.43. The number of thiazole rings is 1. The molecular formula is C33H32BrN3O5S2. The van der Waals surface area contributed by atoms with Gasteiger partial charge in [0.1, 0.15) is 5.75 Å². The standard InChI is InChI=1S/C33H32BrN3O5S2/c1-16-5-8-18(9-6-16)37-31(39)26-20-14-21(27(26)32(37)40)28-25(20)24(29-30(43-28)35-33(41)44-29)19-13-17(34)7-10-22(19)42-15-23(38)36-11-3-2-4-12-36/h5-10,13,20-21,24-28H,2-4,11-12,14-15H2,1H3,(H,35,41)/t20-,21-,24-,25?,26?,27?,28?/m1/s1. The average molecular weight is 695 g/mol. The van der Waals surface area contributed by atoms with Gasteiger partial charge in [-0.25, -0.2) is 0 Å². The number of anilines is 1. The summed E-state index contributed by atoms with van der Waals surface area (Å²) in [6.45, 7) is 3.46. The van der Waals surface area contributed by atoms with Crippen LogP contribution < -0.4 is 14.5 Å². The van der Waals surface area contributed by atoms with Crippen molar-refractivity contribution in [2.75, 3.05) is 24.6 Å². The van der Waals surface area contributed by atoms with Gasteiger partial charge < -0.3 is 14.6 Å². The zero-order valence-corrected chi connectivity index (χ0v) is 27.4. The molecule has 3 aromatic rings. The summed E-state index contributed by atoms with van der Waals surface area (Å²) in [5.74, 6) is -0.479. The minimum absolute atomic E-state index is 0.00781. The van der Waals surface area contributed by atoms with Crippen LogP contribution >= 0.6 is 39.0 Å². The molecule has 4 fully saturated rings. The second-order valence-electron chi connectivity index (χ2n) is 12.7. The van der Waals surface area contributed by atoms with Crippen LogP contribution in [0.5, 0.6) is 5.75 Å². The normalized spacial score (nSPS) is 30.4. The van der Waals surface area contributed by atoms with Gasteiger partial charge in [0.15, 0.2) is 6.61 Å². The molecule has 1 aromatic heterocycles. The number of carbonyl (C=O) groups excluding carboxylic acids is 3. The third kappa shape index (κ3) is 4.44. The third-order valence-electron chi connectivity index (χ3n) is 10.4. The molecule has 2 bridgehead atoms. The number of nitrogens with zero attached hydrogens (tertiary/aromatic N) is 2. The Morgan fingerprint density at radius 3 is 2.48 bits per heavy atom. The van der Waals surface area contributed by atoms with Crippen molar-refractivity contribution in [1.29, 1.82) is 0 Å². The van der Waals surface area contributed by atoms with Crippen LogP contribution in [0.2, 0.25) is 0 Å². The number of aryl methyl sites for hydroxylation is 1. The average Bonchev–Trinajstić information content (AvgIpc) is 3.76. The Hall–Kier alpha value is -2.89. The fourth-order valence-electron chi connectivity index (χ4n) is 8.58. The first-order chi connectivity index (χ1) is 21.3. The highest BCUT2D eigenvalue weighted by Crippen LogP contribution is 2.69. The van der Waals surface area contributed by atoms with Gasteiger partial charge in [0.2, 0.25) is 11.8 Å². The highest BCUT2D eigenvalue weighted by atomic mass is 79.9. The molecule has 44 heavy (non-hydrogen) atoms. The molecule has 8 nitrogen and oxygen atoms in total. The number of rotatable bonds is 5. The predicted octanol–water partition coefficient (Wildman–Crippen LogP) is 5.58. The Kier molecular flexibility index (Phi) is 7.06. The number of aromatic nitrogens is 1. The first-order valence-corrected chi connectivity index (χ1v) is 17.8. The molecule has 2 saturated heterocycles. The predicted molar refractivity (Wildman–Crippen MR) is 172 cm³/mol. The summed E-state index contributed by atoms with van der Waals surface area (Å²) in [5.41, 5.74) is 2.62. The summed E-state index contributed by atoms with van der Waals surface area (Å²) < 4.78 is 7.16. The van der Waals surface area contributed by atoms with E-state index in [0.29, 0.717) is 11.4 Å². The molecule has 3 aliphatic heterocycles. The molecule has 3 amide bonds. The maximum atomic E-state index is 14.1. The van der Waals surface area contributed by atoms with E-state index in [2.05, 4.69) is 20.9 Å². The molecule has 5 aliphatic rings. The fourth-order valence-corrected chi connectivity index (χ4v) is 11.8. The number of hydrogen-bond acceptors (Lipinski definition) is 7. The van der Waals surface area contributed by atoms with Gasteiger partial charge in [0, 0.05) is 39.2 Å². The number of thioether (sulfide) groups is 1. The van der Waals surface area contributed by atoms with Crippen LogP contribution in [0.25, 0.3) is 0 Å². The van der Waals surface area contributed by atoms with Crippen LogP contribution in [0.4, 0.5) is 5.69 Å². The Morgan fingerprint density at radius 2 is 1.73 bits per heavy atom. The second kappa shape index (κ2) is 10.9. The van der Waals surface area contributed by atoms with Crippen molar-refractivity contribution >= 4 is 62.4 Å². The number of ether oxygens (including phenoxy) is 1. The second-order valence-corrected chi connectivity index (χ2v) is 15.8. The lowest BCUT2D eigenvalue weighted by atomic mass is 9.68. The number of fused-ring (bicyclic) bond motifs is 9. The summed E-state index contributed by atoms with van der Waals surface area (Å²) in [4.78, 5) is 60.9. The van der Waals surface area contributed by atoms with Crippen LogP contribution in [0.15, 0.2) is 56.8 Å². The molecule has 7 atom stereocenters. The van der Waals surface area contributed by atoms with E-state index in [9.17, 15) is 19.2 Å². The Balaban J connectivity index is 1.16. The van der Waals surface area contributed by atoms with Gasteiger partial charge in [-0.05, 0) is 80.7 Å². The van der Waals surface area contributed by atoms with E-state index < -0.39 is 0 Å². The molecule has 0 radical (unpaired) electrons. The van der Waals surface area contributed by atoms with Gasteiger partial charge in [-0.3, -0.25) is 24.1 Å². The fraction of sp³-hybridized carbons (Fsp3) is 0.455. The molecule has 4 heterocycles. The van der Waals surface area contributed by atoms with Crippen LogP contribution in [-0.4, -0.2) is 52.6 Å². The molecule has 2 aromatic carbocycles. The topological polar surface area (TPSA) is 99.8 Å². The molecule has 1 N–H and O–H groups in total. The molecule has 8 rings (SSSR count). The number of halogens is 1. The Bertz CT molecular complexity index is 1730. The quantitative estimate of drug-likeness (QED) is 0.351. The van der Waals surface area contributed by atoms with E-state index in [1.165, 1.54) is 16.2 Å². The van der Waals surface area contributed by atoms with Gasteiger partial charge in [0.25, 0.3) is 5.91 Å². The SMILES string of the molecule is Cc1ccc(N2C(=O)C3C(C2=O)[C@@H]2C[C@H]3C3Sc4[nH]c(=O)sc4[C@H](c4cc(Br)ccc4OCC(=O)N4CCCCC4)C32)cc1. The number of hydrogen-bond donors (Lipinski definition) is 1. The highest BCUT2D eigenvalue weighted by molar-refractivity contribution is 9.10. The highest BCUT2D eigenvalue weighted by Gasteiger charge is 2.69. The molecule has 4 unspecified atom stereocenters. The van der Waals surface area contributed by atoms with Gasteiger partial charge in [0.05, 0.1) is 22.5 Å². The molecule has 2 saturated carbocycles. The van der Waals surface area contributed by atoms with Crippen LogP contribution in [-0.2, 0) is 14.4 Å². The zero-order chi connectivity index (χ0) is 30.3. The van der Waals surface area contributed by atoms with E-state index in [1.54, 1.807) is 11.8 Å². The van der Waals surface area contributed by atoms with Crippen molar-refractivity contribution in [3.05, 3.63) is 72.6 Å². The summed E-state index contributed by atoms with van der Waals surface area (Å²) in [5, 5.41) is 0.915. The van der Waals surface area contributed by atoms with E-state index in [1.807, 2.05) is 54.3 Å². The molecule has 0 spiro atoms. The number of amides is 3. The van der Waals surface area contributed by atoms with E-state index >= 15 is 0 Å². The van der Waals surface area contributed by atoms with E-state index in [0.717, 1.165) is 64.3 Å². The number of imide groups is 1. The number of carbonyl (C=O) groups is 3. The van der Waals surface area contributed by atoms with Gasteiger partial charge >= 0.3 is 4.87 Å².